The Bertz CT molecular complexity index is 918. The third-order valence-electron chi connectivity index (χ3n) is 3.87. The van der Waals surface area contributed by atoms with Gasteiger partial charge >= 0.3 is 0 Å². The Labute approximate surface area is 157 Å². The van der Waals surface area contributed by atoms with Crippen LogP contribution in [-0.2, 0) is 0 Å². The molecule has 0 spiro atoms. The number of methoxy groups -OCH3 is 2. The van der Waals surface area contributed by atoms with E-state index < -0.39 is 0 Å². The molecule has 3 rings (SSSR count). The number of nitrogens with zero attached hydrogens (tertiary/aromatic N) is 2. The van der Waals surface area contributed by atoms with Crippen molar-refractivity contribution in [2.24, 2.45) is 0 Å². The Balaban J connectivity index is 1.83. The van der Waals surface area contributed by atoms with Gasteiger partial charge in [0.1, 0.15) is 29.5 Å². The summed E-state index contributed by atoms with van der Waals surface area (Å²) in [6.07, 6.45) is 1.49. The lowest BCUT2D eigenvalue weighted by Gasteiger charge is -2.13. The van der Waals surface area contributed by atoms with Gasteiger partial charge in [0.15, 0.2) is 0 Å². The highest BCUT2D eigenvalue weighted by molar-refractivity contribution is 6.31. The zero-order valence-electron chi connectivity index (χ0n) is 14.7. The maximum Gasteiger partial charge on any atom is 0.146 e. The highest BCUT2D eigenvalue weighted by Crippen LogP contribution is 2.31. The van der Waals surface area contributed by atoms with Crippen molar-refractivity contribution in [2.75, 3.05) is 24.9 Å². The third kappa shape index (κ3) is 3.97. The number of hydrogen-bond acceptors (Lipinski definition) is 6. The number of hydrogen-bond donors (Lipinski definition) is 2. The van der Waals surface area contributed by atoms with Crippen LogP contribution in [0.3, 0.4) is 0 Å². The summed E-state index contributed by atoms with van der Waals surface area (Å²) in [6.45, 7) is 1.95. The van der Waals surface area contributed by atoms with Crippen molar-refractivity contribution >= 4 is 34.6 Å². The summed E-state index contributed by atoms with van der Waals surface area (Å²) in [4.78, 5) is 8.52. The highest BCUT2D eigenvalue weighted by Gasteiger charge is 2.08. The van der Waals surface area contributed by atoms with Gasteiger partial charge in [-0.05, 0) is 36.8 Å². The van der Waals surface area contributed by atoms with E-state index in [0.29, 0.717) is 28.2 Å². The predicted octanol–water partition coefficient (Wildman–Crippen LogP) is 4.94. The van der Waals surface area contributed by atoms with Gasteiger partial charge in [0.2, 0.25) is 0 Å². The molecule has 2 aromatic carbocycles. The minimum absolute atomic E-state index is 0.630. The Morgan fingerprint density at radius 2 is 1.62 bits per heavy atom. The minimum atomic E-state index is 0.630. The molecule has 7 heteroatoms. The summed E-state index contributed by atoms with van der Waals surface area (Å²) in [5, 5.41) is 7.19. The fraction of sp³-hybridized carbons (Fsp3) is 0.158. The molecule has 0 aliphatic heterocycles. The first-order valence-electron chi connectivity index (χ1n) is 7.94. The standard InChI is InChI=1S/C19H19ClN4O2/c1-12-14(20)5-4-6-15(12)23-18-10-19(22-11-21-18)24-16-8-7-13(25-2)9-17(16)26-3/h4-11H,1-3H3,(H2,21,22,23,24). The van der Waals surface area contributed by atoms with Crippen LogP contribution in [0.1, 0.15) is 5.56 Å². The molecule has 0 radical (unpaired) electrons. The number of halogens is 1. The molecule has 26 heavy (non-hydrogen) atoms. The molecule has 0 atom stereocenters. The summed E-state index contributed by atoms with van der Waals surface area (Å²) >= 11 is 6.17. The topological polar surface area (TPSA) is 68.3 Å². The van der Waals surface area contributed by atoms with Crippen LogP contribution < -0.4 is 20.1 Å². The third-order valence-corrected chi connectivity index (χ3v) is 4.28. The molecule has 0 bridgehead atoms. The van der Waals surface area contributed by atoms with Gasteiger partial charge in [0.05, 0.1) is 19.9 Å². The Hall–Kier alpha value is -2.99. The largest absolute Gasteiger partial charge is 0.497 e. The molecule has 2 N–H and O–H groups in total. The van der Waals surface area contributed by atoms with Crippen LogP contribution in [0, 0.1) is 6.92 Å². The second-order valence-corrected chi connectivity index (χ2v) is 5.92. The molecule has 0 fully saturated rings. The molecule has 0 aliphatic rings. The Morgan fingerprint density at radius 3 is 2.31 bits per heavy atom. The van der Waals surface area contributed by atoms with Gasteiger partial charge in [-0.2, -0.15) is 0 Å². The van der Waals surface area contributed by atoms with E-state index in [1.165, 1.54) is 6.33 Å². The van der Waals surface area contributed by atoms with E-state index in [1.54, 1.807) is 20.3 Å². The van der Waals surface area contributed by atoms with E-state index in [4.69, 9.17) is 21.1 Å². The second-order valence-electron chi connectivity index (χ2n) is 5.52. The van der Waals surface area contributed by atoms with E-state index in [2.05, 4.69) is 20.6 Å². The number of rotatable bonds is 6. The second kappa shape index (κ2) is 7.93. The van der Waals surface area contributed by atoms with Crippen molar-refractivity contribution in [2.45, 2.75) is 6.92 Å². The molecule has 3 aromatic rings. The van der Waals surface area contributed by atoms with Gasteiger partial charge in [-0.3, -0.25) is 0 Å². The van der Waals surface area contributed by atoms with Gasteiger partial charge in [-0.1, -0.05) is 17.7 Å². The predicted molar refractivity (Wildman–Crippen MR) is 104 cm³/mol. The lowest BCUT2D eigenvalue weighted by molar-refractivity contribution is 0.395. The quantitative estimate of drug-likeness (QED) is 0.640. The maximum absolute atomic E-state index is 6.17. The van der Waals surface area contributed by atoms with Crippen LogP contribution in [0.15, 0.2) is 48.8 Å². The van der Waals surface area contributed by atoms with Crippen molar-refractivity contribution in [3.63, 3.8) is 0 Å². The number of ether oxygens (including phenoxy) is 2. The first-order valence-corrected chi connectivity index (χ1v) is 8.31. The van der Waals surface area contributed by atoms with Crippen LogP contribution in [0.4, 0.5) is 23.0 Å². The molecule has 1 heterocycles. The SMILES string of the molecule is COc1ccc(Nc2cc(Nc3cccc(Cl)c3C)ncn2)c(OC)c1. The first-order chi connectivity index (χ1) is 12.6. The molecule has 0 aliphatic carbocycles. The molecule has 6 nitrogen and oxygen atoms in total. The Kier molecular flexibility index (Phi) is 5.43. The fourth-order valence-electron chi connectivity index (χ4n) is 2.41. The van der Waals surface area contributed by atoms with Crippen LogP contribution >= 0.6 is 11.6 Å². The summed E-state index contributed by atoms with van der Waals surface area (Å²) in [7, 11) is 3.22. The van der Waals surface area contributed by atoms with E-state index in [-0.39, 0.29) is 0 Å². The van der Waals surface area contributed by atoms with Crippen molar-refractivity contribution in [3.8, 4) is 11.5 Å². The summed E-state index contributed by atoms with van der Waals surface area (Å²) in [5.74, 6) is 2.66. The number of benzene rings is 2. The molecule has 134 valence electrons. The molecular formula is C19H19ClN4O2. The zero-order chi connectivity index (χ0) is 18.5. The zero-order valence-corrected chi connectivity index (χ0v) is 15.5. The van der Waals surface area contributed by atoms with E-state index in [0.717, 1.165) is 16.9 Å². The average molecular weight is 371 g/mol. The molecule has 0 unspecified atom stereocenters. The normalized spacial score (nSPS) is 10.3. The highest BCUT2D eigenvalue weighted by atomic mass is 35.5. The maximum atomic E-state index is 6.17. The molecular weight excluding hydrogens is 352 g/mol. The first kappa shape index (κ1) is 17.8. The molecule has 0 saturated heterocycles. The van der Waals surface area contributed by atoms with Crippen LogP contribution in [0.5, 0.6) is 11.5 Å². The molecule has 1 aromatic heterocycles. The summed E-state index contributed by atoms with van der Waals surface area (Å²) < 4.78 is 10.6. The molecule has 0 amide bonds. The lowest BCUT2D eigenvalue weighted by atomic mass is 10.2. The van der Waals surface area contributed by atoms with Crippen molar-refractivity contribution in [1.29, 1.82) is 0 Å². The van der Waals surface area contributed by atoms with Crippen molar-refractivity contribution < 1.29 is 9.47 Å². The smallest absolute Gasteiger partial charge is 0.146 e. The lowest BCUT2D eigenvalue weighted by Crippen LogP contribution is -2.01. The molecule has 0 saturated carbocycles. The monoisotopic (exact) mass is 370 g/mol. The number of anilines is 4. The average Bonchev–Trinajstić information content (AvgIpc) is 2.66. The van der Waals surface area contributed by atoms with Crippen LogP contribution in [0.25, 0.3) is 0 Å². The van der Waals surface area contributed by atoms with E-state index in [9.17, 15) is 0 Å². The number of nitrogens with one attached hydrogen (secondary N) is 2. The summed E-state index contributed by atoms with van der Waals surface area (Å²) in [6, 6.07) is 13.0. The van der Waals surface area contributed by atoms with Gasteiger partial charge in [-0.15, -0.1) is 0 Å². The number of aromatic nitrogens is 2. The fourth-order valence-corrected chi connectivity index (χ4v) is 2.59. The van der Waals surface area contributed by atoms with E-state index in [1.807, 2.05) is 43.3 Å². The van der Waals surface area contributed by atoms with Gasteiger partial charge in [0.25, 0.3) is 0 Å². The summed E-state index contributed by atoms with van der Waals surface area (Å²) in [5.41, 5.74) is 2.63. The van der Waals surface area contributed by atoms with Crippen molar-refractivity contribution in [3.05, 3.63) is 59.4 Å². The van der Waals surface area contributed by atoms with Crippen LogP contribution in [-0.4, -0.2) is 24.2 Å². The van der Waals surface area contributed by atoms with Crippen LogP contribution in [0.2, 0.25) is 5.02 Å². The minimum Gasteiger partial charge on any atom is -0.497 e. The van der Waals surface area contributed by atoms with Gasteiger partial charge < -0.3 is 20.1 Å². The van der Waals surface area contributed by atoms with Gasteiger partial charge in [-0.25, -0.2) is 9.97 Å². The Morgan fingerprint density at radius 1 is 0.885 bits per heavy atom. The van der Waals surface area contributed by atoms with Crippen molar-refractivity contribution in [1.82, 2.24) is 9.97 Å². The van der Waals surface area contributed by atoms with E-state index >= 15 is 0 Å². The van der Waals surface area contributed by atoms with Gasteiger partial charge in [0, 0.05) is 22.8 Å².